The summed E-state index contributed by atoms with van der Waals surface area (Å²) < 4.78 is 1.65. The monoisotopic (exact) mass is 246 g/mol. The molecule has 0 spiro atoms. The van der Waals surface area contributed by atoms with Crippen molar-refractivity contribution >= 4 is 17.6 Å². The fraction of sp³-hybridized carbons (Fsp3) is 0.417. The van der Waals surface area contributed by atoms with Crippen LogP contribution in [-0.4, -0.2) is 16.4 Å². The summed E-state index contributed by atoms with van der Waals surface area (Å²) in [6.07, 6.45) is 0.698. The molecule has 1 aromatic heterocycles. The Bertz CT molecular complexity index is 580. The third-order valence-corrected chi connectivity index (χ3v) is 3.43. The van der Waals surface area contributed by atoms with Crippen LogP contribution in [0, 0.1) is 25.2 Å². The standard InChI is InChI=1S/C12H14N4O2/c1-6-7(2)16(11(14)8(6)5-13)9-3-4-10(17)15-12(9)18/h9H,3-4,14H2,1-2H3,(H,15,17,18). The van der Waals surface area contributed by atoms with Crippen molar-refractivity contribution in [3.05, 3.63) is 16.8 Å². The minimum atomic E-state index is -0.511. The van der Waals surface area contributed by atoms with Crippen LogP contribution in [0.15, 0.2) is 0 Å². The average molecular weight is 246 g/mol. The van der Waals surface area contributed by atoms with Gasteiger partial charge in [-0.25, -0.2) is 0 Å². The highest BCUT2D eigenvalue weighted by atomic mass is 16.2. The van der Waals surface area contributed by atoms with Gasteiger partial charge in [-0.1, -0.05) is 0 Å². The number of amides is 2. The van der Waals surface area contributed by atoms with Gasteiger partial charge in [0.15, 0.2) is 0 Å². The summed E-state index contributed by atoms with van der Waals surface area (Å²) in [7, 11) is 0. The van der Waals surface area contributed by atoms with Crippen molar-refractivity contribution in [1.82, 2.24) is 9.88 Å². The molecule has 1 atom stereocenters. The van der Waals surface area contributed by atoms with Crippen LogP contribution in [0.4, 0.5) is 5.82 Å². The van der Waals surface area contributed by atoms with Crippen molar-refractivity contribution in [2.45, 2.75) is 32.7 Å². The number of hydrogen-bond acceptors (Lipinski definition) is 4. The van der Waals surface area contributed by atoms with E-state index in [0.29, 0.717) is 17.8 Å². The number of carbonyl (C=O) groups excluding carboxylic acids is 2. The Morgan fingerprint density at radius 2 is 2.11 bits per heavy atom. The third-order valence-electron chi connectivity index (χ3n) is 3.43. The maximum atomic E-state index is 11.8. The van der Waals surface area contributed by atoms with Gasteiger partial charge in [-0.3, -0.25) is 14.9 Å². The SMILES string of the molecule is Cc1c(C#N)c(N)n(C2CCC(=O)NC2=O)c1C. The van der Waals surface area contributed by atoms with Crippen LogP contribution >= 0.6 is 0 Å². The van der Waals surface area contributed by atoms with Crippen molar-refractivity contribution in [2.75, 3.05) is 5.73 Å². The first-order valence-electron chi connectivity index (χ1n) is 5.68. The van der Waals surface area contributed by atoms with E-state index < -0.39 is 6.04 Å². The van der Waals surface area contributed by atoms with Gasteiger partial charge in [-0.05, 0) is 25.8 Å². The van der Waals surface area contributed by atoms with Crippen LogP contribution in [0.2, 0.25) is 0 Å². The molecule has 2 heterocycles. The summed E-state index contributed by atoms with van der Waals surface area (Å²) in [5.41, 5.74) is 7.89. The minimum Gasteiger partial charge on any atom is -0.384 e. The molecular formula is C12H14N4O2. The molecule has 6 heteroatoms. The molecule has 6 nitrogen and oxygen atoms in total. The smallest absolute Gasteiger partial charge is 0.249 e. The van der Waals surface area contributed by atoms with Gasteiger partial charge >= 0.3 is 0 Å². The molecule has 1 unspecified atom stereocenters. The second-order valence-corrected chi connectivity index (χ2v) is 4.42. The lowest BCUT2D eigenvalue weighted by atomic mass is 10.1. The molecule has 1 aromatic rings. The molecule has 1 aliphatic rings. The second-order valence-electron chi connectivity index (χ2n) is 4.42. The Hall–Kier alpha value is -2.29. The van der Waals surface area contributed by atoms with Gasteiger partial charge in [0.05, 0.1) is 5.56 Å². The van der Waals surface area contributed by atoms with Crippen LogP contribution in [0.3, 0.4) is 0 Å². The lowest BCUT2D eigenvalue weighted by molar-refractivity contribution is -0.135. The molecule has 1 fully saturated rings. The van der Waals surface area contributed by atoms with E-state index in [2.05, 4.69) is 5.32 Å². The maximum absolute atomic E-state index is 11.8. The van der Waals surface area contributed by atoms with E-state index in [9.17, 15) is 9.59 Å². The summed E-state index contributed by atoms with van der Waals surface area (Å²) in [6.45, 7) is 3.61. The number of aromatic nitrogens is 1. The van der Waals surface area contributed by atoms with Crippen LogP contribution < -0.4 is 11.1 Å². The predicted octanol–water partition coefficient (Wildman–Crippen LogP) is 0.537. The van der Waals surface area contributed by atoms with Gasteiger partial charge in [-0.2, -0.15) is 5.26 Å². The Kier molecular flexibility index (Phi) is 2.83. The molecule has 3 N–H and O–H groups in total. The highest BCUT2D eigenvalue weighted by Gasteiger charge is 2.31. The fourth-order valence-electron chi connectivity index (χ4n) is 2.33. The molecule has 18 heavy (non-hydrogen) atoms. The molecule has 0 aromatic carbocycles. The van der Waals surface area contributed by atoms with Gasteiger partial charge in [0, 0.05) is 12.1 Å². The number of nitrogen functional groups attached to an aromatic ring is 1. The number of anilines is 1. The molecule has 0 aliphatic carbocycles. The van der Waals surface area contributed by atoms with Crippen LogP contribution in [-0.2, 0) is 9.59 Å². The summed E-state index contributed by atoms with van der Waals surface area (Å²) in [4.78, 5) is 23.0. The molecule has 1 aliphatic heterocycles. The van der Waals surface area contributed by atoms with Crippen LogP contribution in [0.25, 0.3) is 0 Å². The zero-order valence-electron chi connectivity index (χ0n) is 10.3. The molecule has 94 valence electrons. The average Bonchev–Trinajstić information content (AvgIpc) is 2.52. The van der Waals surface area contributed by atoms with Gasteiger partial charge in [0.2, 0.25) is 11.8 Å². The molecule has 0 radical (unpaired) electrons. The highest BCUT2D eigenvalue weighted by molar-refractivity contribution is 5.99. The number of piperidine rings is 1. The van der Waals surface area contributed by atoms with Gasteiger partial charge in [-0.15, -0.1) is 0 Å². The molecule has 2 rings (SSSR count). The summed E-state index contributed by atoms with van der Waals surface area (Å²) in [6, 6.07) is 1.53. The fourth-order valence-corrected chi connectivity index (χ4v) is 2.33. The van der Waals surface area contributed by atoms with Gasteiger partial charge in [0.25, 0.3) is 0 Å². The van der Waals surface area contributed by atoms with Crippen molar-refractivity contribution in [2.24, 2.45) is 0 Å². The molecule has 2 amide bonds. The first-order chi connectivity index (χ1) is 8.47. The normalized spacial score (nSPS) is 19.5. The Morgan fingerprint density at radius 3 is 2.61 bits per heavy atom. The molecule has 0 saturated carbocycles. The van der Waals surface area contributed by atoms with Gasteiger partial charge in [0.1, 0.15) is 17.9 Å². The topological polar surface area (TPSA) is 101 Å². The van der Waals surface area contributed by atoms with Crippen LogP contribution in [0.1, 0.15) is 35.7 Å². The van der Waals surface area contributed by atoms with Crippen LogP contribution in [0.5, 0.6) is 0 Å². The first kappa shape index (κ1) is 12.2. The lowest BCUT2D eigenvalue weighted by Gasteiger charge is -2.24. The first-order valence-corrected chi connectivity index (χ1v) is 5.68. The number of nitrogens with one attached hydrogen (secondary N) is 1. The summed E-state index contributed by atoms with van der Waals surface area (Å²) in [5, 5.41) is 11.3. The second kappa shape index (κ2) is 4.18. The highest BCUT2D eigenvalue weighted by Crippen LogP contribution is 2.30. The summed E-state index contributed by atoms with van der Waals surface area (Å²) >= 11 is 0. The zero-order valence-corrected chi connectivity index (χ0v) is 10.3. The number of hydrogen-bond donors (Lipinski definition) is 2. The Morgan fingerprint density at radius 1 is 1.44 bits per heavy atom. The quantitative estimate of drug-likeness (QED) is 0.706. The van der Waals surface area contributed by atoms with Gasteiger partial charge < -0.3 is 10.3 Å². The molecule has 0 bridgehead atoms. The number of imide groups is 1. The number of nitrogens with two attached hydrogens (primary N) is 1. The van der Waals surface area contributed by atoms with Crippen molar-refractivity contribution in [3.63, 3.8) is 0 Å². The van der Waals surface area contributed by atoms with E-state index in [1.165, 1.54) is 0 Å². The van der Waals surface area contributed by atoms with E-state index in [1.807, 2.05) is 13.0 Å². The van der Waals surface area contributed by atoms with E-state index >= 15 is 0 Å². The van der Waals surface area contributed by atoms with E-state index in [0.717, 1.165) is 11.3 Å². The van der Waals surface area contributed by atoms with E-state index in [-0.39, 0.29) is 18.2 Å². The van der Waals surface area contributed by atoms with Crippen molar-refractivity contribution < 1.29 is 9.59 Å². The number of nitrogens with zero attached hydrogens (tertiary/aromatic N) is 2. The van der Waals surface area contributed by atoms with E-state index in [4.69, 9.17) is 11.0 Å². The summed E-state index contributed by atoms with van der Waals surface area (Å²) in [5.74, 6) is -0.334. The predicted molar refractivity (Wildman–Crippen MR) is 64.5 cm³/mol. The largest absolute Gasteiger partial charge is 0.384 e. The number of carbonyl (C=O) groups is 2. The third kappa shape index (κ3) is 1.64. The molecular weight excluding hydrogens is 232 g/mol. The van der Waals surface area contributed by atoms with Crippen molar-refractivity contribution in [1.29, 1.82) is 5.26 Å². The number of rotatable bonds is 1. The minimum absolute atomic E-state index is 0.267. The Balaban J connectivity index is 2.50. The lowest BCUT2D eigenvalue weighted by Crippen LogP contribution is -2.42. The maximum Gasteiger partial charge on any atom is 0.249 e. The van der Waals surface area contributed by atoms with E-state index in [1.54, 1.807) is 11.5 Å². The zero-order chi connectivity index (χ0) is 13.4. The number of nitriles is 1. The van der Waals surface area contributed by atoms with Crippen molar-refractivity contribution in [3.8, 4) is 6.07 Å². The Labute approximate surface area is 104 Å². The molecule has 1 saturated heterocycles.